The van der Waals surface area contributed by atoms with Gasteiger partial charge >= 0.3 is 0 Å². The van der Waals surface area contributed by atoms with Crippen molar-refractivity contribution in [3.63, 3.8) is 0 Å². The van der Waals surface area contributed by atoms with Gasteiger partial charge in [0.2, 0.25) is 0 Å². The van der Waals surface area contributed by atoms with E-state index in [4.69, 9.17) is 9.40 Å². The van der Waals surface area contributed by atoms with Gasteiger partial charge in [0.05, 0.1) is 30.9 Å². The van der Waals surface area contributed by atoms with Gasteiger partial charge in [-0.1, -0.05) is 20.8 Å². The molecule has 1 aliphatic heterocycles. The summed E-state index contributed by atoms with van der Waals surface area (Å²) >= 11 is 0. The van der Waals surface area contributed by atoms with Gasteiger partial charge < -0.3 is 14.6 Å². The maximum absolute atomic E-state index is 13.8. The standard InChI is InChI=1S/C25H30FN3O2/c1-15-11-16(7-8-18(15)26)19-12-17(24(2,3)4)22-20(28-19)13-21(31-22)23(30)29-10-9-27-14-25(29,5)6/h7-8,11-13,27H,9-10,14H2,1-6H3/p+1. The molecule has 31 heavy (non-hydrogen) atoms. The van der Waals surface area contributed by atoms with Gasteiger partial charge in [-0.25, -0.2) is 9.37 Å². The molecule has 0 unspecified atom stereocenters. The Balaban J connectivity index is 1.84. The van der Waals surface area contributed by atoms with Crippen LogP contribution in [0.15, 0.2) is 34.7 Å². The Kier molecular flexibility index (Phi) is 5.16. The van der Waals surface area contributed by atoms with E-state index < -0.39 is 0 Å². The molecule has 1 amide bonds. The monoisotopic (exact) mass is 424 g/mol. The number of carbonyl (C=O) groups is 1. The van der Waals surface area contributed by atoms with E-state index in [1.165, 1.54) is 6.07 Å². The van der Waals surface area contributed by atoms with Crippen molar-refractivity contribution in [2.75, 3.05) is 19.6 Å². The number of nitrogens with zero attached hydrogens (tertiary/aromatic N) is 2. The van der Waals surface area contributed by atoms with Crippen LogP contribution in [0.2, 0.25) is 0 Å². The number of carbonyl (C=O) groups excluding carboxylic acids is 1. The molecule has 3 heterocycles. The fourth-order valence-corrected chi connectivity index (χ4v) is 4.23. The summed E-state index contributed by atoms with van der Waals surface area (Å²) in [5.41, 5.74) is 3.95. The summed E-state index contributed by atoms with van der Waals surface area (Å²) in [5.74, 6) is -0.0241. The van der Waals surface area contributed by atoms with E-state index in [9.17, 15) is 9.18 Å². The normalized spacial score (nSPS) is 16.7. The maximum atomic E-state index is 13.8. The molecule has 3 aromatic rings. The molecule has 1 fully saturated rings. The Hall–Kier alpha value is -2.73. The Morgan fingerprint density at radius 3 is 2.61 bits per heavy atom. The largest absolute Gasteiger partial charge is 0.449 e. The van der Waals surface area contributed by atoms with E-state index in [-0.39, 0.29) is 22.7 Å². The Bertz CT molecular complexity index is 1160. The lowest BCUT2D eigenvalue weighted by Gasteiger charge is -2.39. The van der Waals surface area contributed by atoms with E-state index in [1.807, 2.05) is 11.0 Å². The molecule has 0 saturated carbocycles. The van der Waals surface area contributed by atoms with Gasteiger partial charge in [-0.2, -0.15) is 0 Å². The van der Waals surface area contributed by atoms with Crippen LogP contribution in [0.5, 0.6) is 0 Å². The highest BCUT2D eigenvalue weighted by Gasteiger charge is 2.38. The molecule has 2 aromatic heterocycles. The number of aryl methyl sites for hydroxylation is 1. The van der Waals surface area contributed by atoms with Crippen LogP contribution in [0, 0.1) is 12.7 Å². The molecule has 4 rings (SSSR count). The predicted octanol–water partition coefficient (Wildman–Crippen LogP) is 4.04. The number of rotatable bonds is 2. The molecule has 164 valence electrons. The minimum absolute atomic E-state index is 0.102. The highest BCUT2D eigenvalue weighted by Crippen LogP contribution is 2.35. The van der Waals surface area contributed by atoms with Crippen LogP contribution in [0.1, 0.15) is 56.3 Å². The number of fused-ring (bicyclic) bond motifs is 1. The summed E-state index contributed by atoms with van der Waals surface area (Å²) in [4.78, 5) is 20.0. The number of pyridine rings is 1. The highest BCUT2D eigenvalue weighted by atomic mass is 19.1. The first-order valence-corrected chi connectivity index (χ1v) is 10.8. The number of piperazine rings is 1. The zero-order valence-electron chi connectivity index (χ0n) is 19.2. The second-order valence-corrected chi connectivity index (χ2v) is 10.1. The molecule has 5 nitrogen and oxygen atoms in total. The third kappa shape index (κ3) is 3.97. The second-order valence-electron chi connectivity index (χ2n) is 10.1. The van der Waals surface area contributed by atoms with Crippen LogP contribution in [0.3, 0.4) is 0 Å². The van der Waals surface area contributed by atoms with E-state index >= 15 is 0 Å². The summed E-state index contributed by atoms with van der Waals surface area (Å²) in [5, 5.41) is 2.23. The number of benzene rings is 1. The first kappa shape index (κ1) is 21.5. The fraction of sp³-hybridized carbons (Fsp3) is 0.440. The second kappa shape index (κ2) is 7.45. The van der Waals surface area contributed by atoms with Gasteiger partial charge in [0.15, 0.2) is 11.3 Å². The average Bonchev–Trinajstić information content (AvgIpc) is 3.12. The number of quaternary nitrogens is 1. The summed E-state index contributed by atoms with van der Waals surface area (Å²) in [6.07, 6.45) is 0. The lowest BCUT2D eigenvalue weighted by molar-refractivity contribution is -0.673. The van der Waals surface area contributed by atoms with E-state index in [0.717, 1.165) is 29.9 Å². The highest BCUT2D eigenvalue weighted by molar-refractivity contribution is 5.97. The summed E-state index contributed by atoms with van der Waals surface area (Å²) in [7, 11) is 0. The number of hydrogen-bond acceptors (Lipinski definition) is 3. The number of halogens is 1. The fourth-order valence-electron chi connectivity index (χ4n) is 4.23. The number of nitrogens with two attached hydrogens (primary N) is 1. The zero-order valence-corrected chi connectivity index (χ0v) is 19.2. The van der Waals surface area contributed by atoms with Crippen LogP contribution < -0.4 is 5.32 Å². The molecule has 2 N–H and O–H groups in total. The number of hydrogen-bond donors (Lipinski definition) is 1. The van der Waals surface area contributed by atoms with Crippen LogP contribution in [0.4, 0.5) is 4.39 Å². The van der Waals surface area contributed by atoms with Gasteiger partial charge in [-0.05, 0) is 56.0 Å². The van der Waals surface area contributed by atoms with Crippen LogP contribution >= 0.6 is 0 Å². The molecule has 0 spiro atoms. The molecular weight excluding hydrogens is 393 g/mol. The van der Waals surface area contributed by atoms with E-state index in [2.05, 4.69) is 39.9 Å². The molecule has 0 aliphatic carbocycles. The van der Waals surface area contributed by atoms with Gasteiger partial charge in [-0.3, -0.25) is 4.79 Å². The third-order valence-electron chi connectivity index (χ3n) is 6.13. The summed E-state index contributed by atoms with van der Waals surface area (Å²) in [6.45, 7) is 14.7. The van der Waals surface area contributed by atoms with Crippen molar-refractivity contribution in [1.82, 2.24) is 9.88 Å². The molecule has 6 heteroatoms. The van der Waals surface area contributed by atoms with Crippen molar-refractivity contribution >= 4 is 17.0 Å². The van der Waals surface area contributed by atoms with Crippen LogP contribution in [0.25, 0.3) is 22.4 Å². The van der Waals surface area contributed by atoms with Crippen molar-refractivity contribution in [2.24, 2.45) is 0 Å². The van der Waals surface area contributed by atoms with Crippen LogP contribution in [-0.4, -0.2) is 41.0 Å². The Morgan fingerprint density at radius 1 is 1.23 bits per heavy atom. The van der Waals surface area contributed by atoms with E-state index in [0.29, 0.717) is 29.0 Å². The Labute approximate surface area is 182 Å². The first-order valence-electron chi connectivity index (χ1n) is 10.8. The minimum Gasteiger partial charge on any atom is -0.449 e. The molecule has 0 radical (unpaired) electrons. The quantitative estimate of drug-likeness (QED) is 0.675. The topological polar surface area (TPSA) is 63.0 Å². The lowest BCUT2D eigenvalue weighted by atomic mass is 9.86. The predicted molar refractivity (Wildman–Crippen MR) is 120 cm³/mol. The zero-order chi connectivity index (χ0) is 22.6. The molecule has 0 bridgehead atoms. The number of amides is 1. The summed E-state index contributed by atoms with van der Waals surface area (Å²) in [6, 6.07) is 8.75. The van der Waals surface area contributed by atoms with Crippen molar-refractivity contribution in [3.8, 4) is 11.3 Å². The SMILES string of the molecule is Cc1cc(-c2cc(C(C)(C)C)c3oc(C(=O)N4CC[NH2+]CC4(C)C)cc3n2)ccc1F. The van der Waals surface area contributed by atoms with Crippen molar-refractivity contribution in [1.29, 1.82) is 0 Å². The third-order valence-corrected chi connectivity index (χ3v) is 6.13. The maximum Gasteiger partial charge on any atom is 0.290 e. The number of furan rings is 1. The van der Waals surface area contributed by atoms with Gasteiger partial charge in [0.25, 0.3) is 5.91 Å². The van der Waals surface area contributed by atoms with Gasteiger partial charge in [0, 0.05) is 17.2 Å². The average molecular weight is 425 g/mol. The van der Waals surface area contributed by atoms with E-state index in [1.54, 1.807) is 25.1 Å². The summed E-state index contributed by atoms with van der Waals surface area (Å²) < 4.78 is 19.9. The molecule has 1 aromatic carbocycles. The molecule has 0 atom stereocenters. The first-order chi connectivity index (χ1) is 14.5. The van der Waals surface area contributed by atoms with Crippen LogP contribution in [-0.2, 0) is 5.41 Å². The van der Waals surface area contributed by atoms with Crippen molar-refractivity contribution < 1.29 is 18.9 Å². The minimum atomic E-state index is -0.245. The van der Waals surface area contributed by atoms with Gasteiger partial charge in [0.1, 0.15) is 11.3 Å². The number of aromatic nitrogens is 1. The lowest BCUT2D eigenvalue weighted by Crippen LogP contribution is -2.93. The molecular formula is C25H31FN3O2+. The van der Waals surface area contributed by atoms with Gasteiger partial charge in [-0.15, -0.1) is 0 Å². The van der Waals surface area contributed by atoms with Crippen molar-refractivity contribution in [2.45, 2.75) is 52.5 Å². The molecule has 1 aliphatic rings. The van der Waals surface area contributed by atoms with Crippen molar-refractivity contribution in [3.05, 3.63) is 53.0 Å². The molecule has 1 saturated heterocycles. The smallest absolute Gasteiger partial charge is 0.290 e. The Morgan fingerprint density at radius 2 is 1.97 bits per heavy atom.